The van der Waals surface area contributed by atoms with Crippen LogP contribution < -0.4 is 15.4 Å². The molecule has 3 rings (SSSR count). The Bertz CT molecular complexity index is 573. The Balaban J connectivity index is 1.27. The number of piperazine rings is 1. The van der Waals surface area contributed by atoms with E-state index in [4.69, 9.17) is 4.74 Å². The fourth-order valence-electron chi connectivity index (χ4n) is 3.71. The second kappa shape index (κ2) is 9.78. The van der Waals surface area contributed by atoms with E-state index in [-0.39, 0.29) is 12.1 Å². The molecular weight excluding hydrogens is 328 g/mol. The van der Waals surface area contributed by atoms with Crippen molar-refractivity contribution in [2.45, 2.75) is 32.2 Å². The molecule has 0 aliphatic carbocycles. The van der Waals surface area contributed by atoms with Crippen molar-refractivity contribution >= 4 is 6.03 Å². The number of hydrogen-bond acceptors (Lipinski definition) is 4. The minimum Gasteiger partial charge on any atom is -0.491 e. The van der Waals surface area contributed by atoms with Crippen molar-refractivity contribution in [3.8, 4) is 5.75 Å². The summed E-state index contributed by atoms with van der Waals surface area (Å²) in [5.41, 5.74) is 1.16. The summed E-state index contributed by atoms with van der Waals surface area (Å²) in [6, 6.07) is 7.97. The summed E-state index contributed by atoms with van der Waals surface area (Å²) in [4.78, 5) is 17.1. The topological polar surface area (TPSA) is 56.8 Å². The summed E-state index contributed by atoms with van der Waals surface area (Å²) in [7, 11) is 0. The molecule has 1 fully saturated rings. The number of hydrogen-bond donors (Lipinski definition) is 2. The highest BCUT2D eigenvalue weighted by Crippen LogP contribution is 2.23. The number of para-hydroxylation sites is 1. The number of carbonyl (C=O) groups is 1. The lowest BCUT2D eigenvalue weighted by Gasteiger charge is -2.34. The minimum atomic E-state index is -0.0919. The average molecular weight is 361 g/mol. The number of carbonyl (C=O) groups excluding carboxylic acids is 1. The maximum absolute atomic E-state index is 12.1. The van der Waals surface area contributed by atoms with Crippen molar-refractivity contribution < 1.29 is 9.53 Å². The number of fused-ring (bicyclic) bond motifs is 1. The molecular formula is C20H32N4O2. The number of benzene rings is 1. The zero-order valence-corrected chi connectivity index (χ0v) is 15.9. The Morgan fingerprint density at radius 3 is 2.65 bits per heavy atom. The van der Waals surface area contributed by atoms with Crippen LogP contribution in [-0.2, 0) is 6.42 Å². The van der Waals surface area contributed by atoms with Gasteiger partial charge >= 0.3 is 6.03 Å². The highest BCUT2D eigenvalue weighted by atomic mass is 16.5. The van der Waals surface area contributed by atoms with Crippen LogP contribution in [0.25, 0.3) is 0 Å². The molecule has 2 amide bonds. The third-order valence-electron chi connectivity index (χ3n) is 5.16. The summed E-state index contributed by atoms with van der Waals surface area (Å²) in [6.45, 7) is 10.4. The number of rotatable bonds is 7. The van der Waals surface area contributed by atoms with Crippen LogP contribution in [0.5, 0.6) is 5.75 Å². The fraction of sp³-hybridized carbons (Fsp3) is 0.650. The van der Waals surface area contributed by atoms with Gasteiger partial charge < -0.3 is 25.2 Å². The molecule has 0 saturated carbocycles. The third-order valence-corrected chi connectivity index (χ3v) is 5.16. The minimum absolute atomic E-state index is 0.0385. The molecule has 2 heterocycles. The SMILES string of the molecule is CCCN1CCN(CCCNC(=O)N[C@H]2COc3ccccc3C2)CC1. The number of urea groups is 1. The van der Waals surface area contributed by atoms with Gasteiger partial charge in [-0.15, -0.1) is 0 Å². The van der Waals surface area contributed by atoms with Crippen LogP contribution >= 0.6 is 0 Å². The third kappa shape index (κ3) is 5.61. The van der Waals surface area contributed by atoms with Crippen LogP contribution in [-0.4, -0.2) is 74.3 Å². The lowest BCUT2D eigenvalue weighted by molar-refractivity contribution is 0.131. The molecule has 0 spiro atoms. The van der Waals surface area contributed by atoms with Gasteiger partial charge in [0.1, 0.15) is 12.4 Å². The van der Waals surface area contributed by atoms with Crippen LogP contribution in [0.15, 0.2) is 24.3 Å². The van der Waals surface area contributed by atoms with Crippen molar-refractivity contribution in [3.05, 3.63) is 29.8 Å². The molecule has 0 unspecified atom stereocenters. The summed E-state index contributed by atoms with van der Waals surface area (Å²) >= 11 is 0. The van der Waals surface area contributed by atoms with Crippen LogP contribution in [0, 0.1) is 0 Å². The first kappa shape index (κ1) is 19.0. The Hall–Kier alpha value is -1.79. The van der Waals surface area contributed by atoms with E-state index < -0.39 is 0 Å². The molecule has 0 radical (unpaired) electrons. The average Bonchev–Trinajstić information content (AvgIpc) is 2.67. The molecule has 2 aliphatic heterocycles. The van der Waals surface area contributed by atoms with E-state index in [0.717, 1.165) is 43.8 Å². The van der Waals surface area contributed by atoms with Gasteiger partial charge in [-0.2, -0.15) is 0 Å². The van der Waals surface area contributed by atoms with Gasteiger partial charge in [0, 0.05) is 32.7 Å². The zero-order valence-electron chi connectivity index (χ0n) is 15.9. The molecule has 6 heteroatoms. The van der Waals surface area contributed by atoms with E-state index in [1.165, 1.54) is 26.1 Å². The highest BCUT2D eigenvalue weighted by Gasteiger charge is 2.21. The monoisotopic (exact) mass is 360 g/mol. The van der Waals surface area contributed by atoms with Crippen LogP contribution in [0.1, 0.15) is 25.3 Å². The van der Waals surface area contributed by atoms with Gasteiger partial charge in [0.15, 0.2) is 0 Å². The molecule has 2 aliphatic rings. The number of nitrogens with zero attached hydrogens (tertiary/aromatic N) is 2. The van der Waals surface area contributed by atoms with Gasteiger partial charge in [0.25, 0.3) is 0 Å². The van der Waals surface area contributed by atoms with Gasteiger partial charge in [0.2, 0.25) is 0 Å². The largest absolute Gasteiger partial charge is 0.491 e. The van der Waals surface area contributed by atoms with E-state index >= 15 is 0 Å². The molecule has 144 valence electrons. The molecule has 1 aromatic carbocycles. The van der Waals surface area contributed by atoms with Crippen LogP contribution in [0.2, 0.25) is 0 Å². The predicted molar refractivity (Wildman–Crippen MR) is 104 cm³/mol. The van der Waals surface area contributed by atoms with Gasteiger partial charge in [-0.25, -0.2) is 4.79 Å². The second-order valence-corrected chi connectivity index (χ2v) is 7.26. The highest BCUT2D eigenvalue weighted by molar-refractivity contribution is 5.74. The predicted octanol–water partition coefficient (Wildman–Crippen LogP) is 1.71. The van der Waals surface area contributed by atoms with Crippen LogP contribution in [0.4, 0.5) is 4.79 Å². The first-order chi connectivity index (χ1) is 12.7. The lowest BCUT2D eigenvalue weighted by atomic mass is 10.0. The first-order valence-corrected chi connectivity index (χ1v) is 9.94. The van der Waals surface area contributed by atoms with E-state index in [1.54, 1.807) is 0 Å². The quantitative estimate of drug-likeness (QED) is 0.727. The molecule has 6 nitrogen and oxygen atoms in total. The molecule has 1 aromatic rings. The summed E-state index contributed by atoms with van der Waals surface area (Å²) < 4.78 is 5.71. The van der Waals surface area contributed by atoms with Gasteiger partial charge in [-0.1, -0.05) is 25.1 Å². The maximum atomic E-state index is 12.1. The molecule has 0 aromatic heterocycles. The molecule has 1 atom stereocenters. The van der Waals surface area contributed by atoms with E-state index in [0.29, 0.717) is 13.2 Å². The fourth-order valence-corrected chi connectivity index (χ4v) is 3.71. The molecule has 1 saturated heterocycles. The van der Waals surface area contributed by atoms with E-state index in [9.17, 15) is 4.79 Å². The van der Waals surface area contributed by atoms with Crippen molar-refractivity contribution in [2.24, 2.45) is 0 Å². The second-order valence-electron chi connectivity index (χ2n) is 7.26. The van der Waals surface area contributed by atoms with E-state index in [1.807, 2.05) is 18.2 Å². The smallest absolute Gasteiger partial charge is 0.315 e. The van der Waals surface area contributed by atoms with Gasteiger partial charge in [-0.3, -0.25) is 0 Å². The number of ether oxygens (including phenoxy) is 1. The van der Waals surface area contributed by atoms with Crippen LogP contribution in [0.3, 0.4) is 0 Å². The number of nitrogens with one attached hydrogen (secondary N) is 2. The lowest BCUT2D eigenvalue weighted by Crippen LogP contribution is -2.48. The number of amides is 2. The Kier molecular flexibility index (Phi) is 7.14. The molecule has 26 heavy (non-hydrogen) atoms. The maximum Gasteiger partial charge on any atom is 0.315 e. The molecule has 2 N–H and O–H groups in total. The Morgan fingerprint density at radius 1 is 1.15 bits per heavy atom. The summed E-state index contributed by atoms with van der Waals surface area (Å²) in [6.07, 6.45) is 3.05. The Morgan fingerprint density at radius 2 is 1.88 bits per heavy atom. The Labute approximate surface area is 156 Å². The van der Waals surface area contributed by atoms with E-state index in [2.05, 4.69) is 33.4 Å². The first-order valence-electron chi connectivity index (χ1n) is 9.94. The van der Waals surface area contributed by atoms with Crippen molar-refractivity contribution in [1.82, 2.24) is 20.4 Å². The van der Waals surface area contributed by atoms with Gasteiger partial charge in [-0.05, 0) is 44.0 Å². The zero-order chi connectivity index (χ0) is 18.2. The van der Waals surface area contributed by atoms with Gasteiger partial charge in [0.05, 0.1) is 6.04 Å². The van der Waals surface area contributed by atoms with Crippen molar-refractivity contribution in [1.29, 1.82) is 0 Å². The summed E-state index contributed by atoms with van der Waals surface area (Å²) in [5, 5.41) is 6.00. The molecule has 0 bridgehead atoms. The van der Waals surface area contributed by atoms with Crippen molar-refractivity contribution in [2.75, 3.05) is 52.4 Å². The van der Waals surface area contributed by atoms with Crippen molar-refractivity contribution in [3.63, 3.8) is 0 Å². The summed E-state index contributed by atoms with van der Waals surface area (Å²) in [5.74, 6) is 0.935. The normalized spacial score (nSPS) is 20.9. The standard InChI is InChI=1S/C20H32N4O2/c1-2-9-23-11-13-24(14-12-23)10-5-8-21-20(25)22-18-15-17-6-3-4-7-19(17)26-16-18/h3-4,6-7,18H,2,5,8-16H2,1H3,(H2,21,22,25)/t18-/m1/s1.